The van der Waals surface area contributed by atoms with Gasteiger partial charge in [-0.1, -0.05) is 6.92 Å². The third kappa shape index (κ3) is 3.91. The zero-order valence-electron chi connectivity index (χ0n) is 11.9. The number of esters is 1. The molecule has 0 amide bonds. The lowest BCUT2D eigenvalue weighted by Gasteiger charge is -2.29. The van der Waals surface area contributed by atoms with Crippen LogP contribution in [0.2, 0.25) is 0 Å². The van der Waals surface area contributed by atoms with E-state index in [-0.39, 0.29) is 30.1 Å². The van der Waals surface area contributed by atoms with Crippen LogP contribution in [0, 0.1) is 5.92 Å². The number of carbonyl (C=O) groups is 1. The van der Waals surface area contributed by atoms with Crippen molar-refractivity contribution in [1.29, 1.82) is 0 Å². The highest BCUT2D eigenvalue weighted by Gasteiger charge is 2.36. The van der Waals surface area contributed by atoms with Crippen molar-refractivity contribution in [2.75, 3.05) is 26.9 Å². The summed E-state index contributed by atoms with van der Waals surface area (Å²) in [5.74, 6) is -0.284. The molecule has 1 saturated carbocycles. The van der Waals surface area contributed by atoms with E-state index in [0.29, 0.717) is 13.2 Å². The predicted molar refractivity (Wildman–Crippen MR) is 70.9 cm³/mol. The van der Waals surface area contributed by atoms with Crippen LogP contribution >= 0.6 is 0 Å². The minimum Gasteiger partial charge on any atom is -0.462 e. The van der Waals surface area contributed by atoms with E-state index in [2.05, 4.69) is 5.32 Å². The molecule has 0 aromatic carbocycles. The van der Waals surface area contributed by atoms with Gasteiger partial charge >= 0.3 is 5.97 Å². The average molecular weight is 271 g/mol. The lowest BCUT2D eigenvalue weighted by molar-refractivity contribution is -0.158. The average Bonchev–Trinajstić information content (AvgIpc) is 2.88. The monoisotopic (exact) mass is 271 g/mol. The van der Waals surface area contributed by atoms with Crippen LogP contribution in [-0.4, -0.2) is 51.1 Å². The molecule has 5 heteroatoms. The third-order valence-corrected chi connectivity index (χ3v) is 4.04. The topological polar surface area (TPSA) is 56.8 Å². The van der Waals surface area contributed by atoms with Crippen LogP contribution in [0.15, 0.2) is 0 Å². The zero-order chi connectivity index (χ0) is 13.7. The summed E-state index contributed by atoms with van der Waals surface area (Å²) in [7, 11) is 1.72. The summed E-state index contributed by atoms with van der Waals surface area (Å²) in [5, 5.41) is 3.28. The van der Waals surface area contributed by atoms with Gasteiger partial charge in [0.1, 0.15) is 6.10 Å². The second-order valence-corrected chi connectivity index (χ2v) is 5.39. The van der Waals surface area contributed by atoms with E-state index >= 15 is 0 Å². The number of hydrogen-bond acceptors (Lipinski definition) is 5. The van der Waals surface area contributed by atoms with Crippen molar-refractivity contribution < 1.29 is 19.0 Å². The Morgan fingerprint density at radius 2 is 2.11 bits per heavy atom. The van der Waals surface area contributed by atoms with E-state index < -0.39 is 0 Å². The van der Waals surface area contributed by atoms with Crippen molar-refractivity contribution in [1.82, 2.24) is 5.32 Å². The fourth-order valence-electron chi connectivity index (χ4n) is 2.92. The maximum Gasteiger partial charge on any atom is 0.313 e. The lowest BCUT2D eigenvalue weighted by atomic mass is 9.94. The van der Waals surface area contributed by atoms with Crippen molar-refractivity contribution in [3.8, 4) is 0 Å². The molecule has 0 bridgehead atoms. The quantitative estimate of drug-likeness (QED) is 0.759. The number of ether oxygens (including phenoxy) is 3. The number of hydrogen-bond donors (Lipinski definition) is 1. The molecule has 0 aromatic rings. The van der Waals surface area contributed by atoms with Crippen LogP contribution < -0.4 is 5.32 Å². The Hall–Kier alpha value is -0.650. The van der Waals surface area contributed by atoms with Crippen LogP contribution in [0.25, 0.3) is 0 Å². The van der Waals surface area contributed by atoms with Crippen molar-refractivity contribution in [2.24, 2.45) is 5.92 Å². The molecule has 19 heavy (non-hydrogen) atoms. The van der Waals surface area contributed by atoms with E-state index in [9.17, 15) is 4.79 Å². The first-order valence-electron chi connectivity index (χ1n) is 7.29. The van der Waals surface area contributed by atoms with Gasteiger partial charge < -0.3 is 19.5 Å². The number of nitrogens with one attached hydrogen (secondary N) is 1. The summed E-state index contributed by atoms with van der Waals surface area (Å²) in [4.78, 5) is 12.2. The highest BCUT2D eigenvalue weighted by molar-refractivity contribution is 5.74. The Kier molecular flexibility index (Phi) is 5.60. The highest BCUT2D eigenvalue weighted by atomic mass is 16.6. The Labute approximate surface area is 115 Å². The van der Waals surface area contributed by atoms with Gasteiger partial charge in [0.15, 0.2) is 0 Å². The van der Waals surface area contributed by atoms with Gasteiger partial charge in [0.05, 0.1) is 25.2 Å². The van der Waals surface area contributed by atoms with Gasteiger partial charge in [-0.25, -0.2) is 0 Å². The Morgan fingerprint density at radius 1 is 1.32 bits per heavy atom. The molecule has 0 aromatic heterocycles. The fourth-order valence-corrected chi connectivity index (χ4v) is 2.92. The summed E-state index contributed by atoms with van der Waals surface area (Å²) in [6.07, 6.45) is 4.14. The molecule has 1 aliphatic carbocycles. The fraction of sp³-hybridized carbons (Fsp3) is 0.929. The van der Waals surface area contributed by atoms with Gasteiger partial charge in [0.25, 0.3) is 0 Å². The summed E-state index contributed by atoms with van der Waals surface area (Å²) in [6.45, 7) is 3.94. The molecule has 1 heterocycles. The maximum absolute atomic E-state index is 12.2. The van der Waals surface area contributed by atoms with Crippen LogP contribution in [0.1, 0.15) is 32.6 Å². The van der Waals surface area contributed by atoms with E-state index in [1.165, 1.54) is 0 Å². The van der Waals surface area contributed by atoms with Gasteiger partial charge in [-0.15, -0.1) is 0 Å². The van der Waals surface area contributed by atoms with Crippen LogP contribution in [-0.2, 0) is 19.0 Å². The van der Waals surface area contributed by atoms with E-state index in [0.717, 1.165) is 32.2 Å². The first-order chi connectivity index (χ1) is 9.24. The molecule has 1 saturated heterocycles. The molecule has 2 aliphatic rings. The number of carbonyl (C=O) groups excluding carboxylic acids is 1. The normalized spacial score (nSPS) is 35.3. The first kappa shape index (κ1) is 14.8. The van der Waals surface area contributed by atoms with Gasteiger partial charge in [-0.3, -0.25) is 4.79 Å². The summed E-state index contributed by atoms with van der Waals surface area (Å²) in [5.41, 5.74) is 0. The number of likely N-dealkylation sites (N-methyl/N-ethyl adjacent to an activating group) is 1. The molecule has 1 aliphatic heterocycles. The van der Waals surface area contributed by atoms with Crippen molar-refractivity contribution >= 4 is 5.97 Å². The smallest absolute Gasteiger partial charge is 0.313 e. The zero-order valence-corrected chi connectivity index (χ0v) is 11.9. The molecule has 4 atom stereocenters. The SMILES string of the molecule is CCNC1COCC1C(=O)OC1CCCC(OC)C1. The molecule has 2 rings (SSSR count). The van der Waals surface area contributed by atoms with Gasteiger partial charge in [0, 0.05) is 19.6 Å². The largest absolute Gasteiger partial charge is 0.462 e. The molecule has 5 nitrogen and oxygen atoms in total. The molecule has 0 spiro atoms. The van der Waals surface area contributed by atoms with Gasteiger partial charge in [-0.05, 0) is 25.8 Å². The van der Waals surface area contributed by atoms with E-state index in [4.69, 9.17) is 14.2 Å². The standard InChI is InChI=1S/C14H25NO4/c1-3-15-13-9-18-8-12(13)14(16)19-11-6-4-5-10(7-11)17-2/h10-13,15H,3-9H2,1-2H3. The Morgan fingerprint density at radius 3 is 2.84 bits per heavy atom. The van der Waals surface area contributed by atoms with Crippen LogP contribution in [0.3, 0.4) is 0 Å². The minimum atomic E-state index is -0.164. The molecule has 4 unspecified atom stereocenters. The summed E-state index contributed by atoms with van der Waals surface area (Å²) >= 11 is 0. The second-order valence-electron chi connectivity index (χ2n) is 5.39. The van der Waals surface area contributed by atoms with Crippen molar-refractivity contribution in [2.45, 2.75) is 50.9 Å². The molecule has 2 fully saturated rings. The second kappa shape index (κ2) is 7.22. The van der Waals surface area contributed by atoms with Crippen LogP contribution in [0.4, 0.5) is 0 Å². The van der Waals surface area contributed by atoms with E-state index in [1.54, 1.807) is 7.11 Å². The van der Waals surface area contributed by atoms with Crippen LogP contribution in [0.5, 0.6) is 0 Å². The van der Waals surface area contributed by atoms with Crippen molar-refractivity contribution in [3.63, 3.8) is 0 Å². The van der Waals surface area contributed by atoms with Crippen molar-refractivity contribution in [3.05, 3.63) is 0 Å². The molecular weight excluding hydrogens is 246 g/mol. The van der Waals surface area contributed by atoms with Gasteiger partial charge in [0.2, 0.25) is 0 Å². The Bertz CT molecular complexity index is 297. The molecule has 0 radical (unpaired) electrons. The van der Waals surface area contributed by atoms with Gasteiger partial charge in [-0.2, -0.15) is 0 Å². The summed E-state index contributed by atoms with van der Waals surface area (Å²) in [6, 6.07) is 0.0966. The molecule has 110 valence electrons. The number of methoxy groups -OCH3 is 1. The molecule has 1 N–H and O–H groups in total. The highest BCUT2D eigenvalue weighted by Crippen LogP contribution is 2.25. The third-order valence-electron chi connectivity index (χ3n) is 4.04. The number of rotatable bonds is 5. The lowest BCUT2D eigenvalue weighted by Crippen LogP contribution is -2.41. The minimum absolute atomic E-state index is 0.00840. The maximum atomic E-state index is 12.2. The van der Waals surface area contributed by atoms with E-state index in [1.807, 2.05) is 6.92 Å². The predicted octanol–water partition coefficient (Wildman–Crippen LogP) is 1.11. The summed E-state index contributed by atoms with van der Waals surface area (Å²) < 4.78 is 16.4. The molecular formula is C14H25NO4. The Balaban J connectivity index is 1.82. The first-order valence-corrected chi connectivity index (χ1v) is 7.29.